The molecule has 1 aromatic carbocycles. The topological polar surface area (TPSA) is 122 Å². The Labute approximate surface area is 176 Å². The van der Waals surface area contributed by atoms with Gasteiger partial charge in [0.1, 0.15) is 0 Å². The zero-order valence-electron chi connectivity index (χ0n) is 16.6. The van der Waals surface area contributed by atoms with E-state index in [9.17, 15) is 14.7 Å². The van der Waals surface area contributed by atoms with Gasteiger partial charge in [0.05, 0.1) is 13.1 Å². The van der Waals surface area contributed by atoms with Gasteiger partial charge in [-0.1, -0.05) is 12.1 Å². The number of carboxylic acid groups (broad SMARTS) is 2. The summed E-state index contributed by atoms with van der Waals surface area (Å²) < 4.78 is 0. The summed E-state index contributed by atoms with van der Waals surface area (Å²) in [5.74, 6) is -1.77. The Balaban J connectivity index is 2.15. The van der Waals surface area contributed by atoms with Crippen LogP contribution in [-0.4, -0.2) is 101 Å². The monoisotopic (exact) mass is 423 g/mol. The van der Waals surface area contributed by atoms with Gasteiger partial charge >= 0.3 is 11.9 Å². The van der Waals surface area contributed by atoms with E-state index in [4.69, 9.17) is 23.1 Å². The van der Waals surface area contributed by atoms with E-state index in [0.29, 0.717) is 32.6 Å². The largest absolute Gasteiger partial charge is 0.480 e. The van der Waals surface area contributed by atoms with Gasteiger partial charge in [-0.15, -0.1) is 0 Å². The molecule has 1 aliphatic rings. The standard InChI is InChI=1S/C19H29N5O4S/c1-22-6-7-23(12-17(25)26)8-9-24(13-18(27)28)16(11-22)10-14-2-4-15(5-3-14)21-19(20)29/h2-5,16H,6-13H2,1H3,(H,25,26)(H,27,28)(H3,20,21,29). The maximum Gasteiger partial charge on any atom is 0.317 e. The second-order valence-electron chi connectivity index (χ2n) is 7.34. The molecule has 1 unspecified atom stereocenters. The van der Waals surface area contributed by atoms with E-state index in [-0.39, 0.29) is 24.2 Å². The first kappa shape index (κ1) is 23.0. The summed E-state index contributed by atoms with van der Waals surface area (Å²) in [6.45, 7) is 2.94. The van der Waals surface area contributed by atoms with Crippen LogP contribution in [0.4, 0.5) is 5.69 Å². The number of rotatable bonds is 7. The van der Waals surface area contributed by atoms with Gasteiger partial charge in [-0.2, -0.15) is 0 Å². The van der Waals surface area contributed by atoms with Gasteiger partial charge in [-0.05, 0) is 43.4 Å². The van der Waals surface area contributed by atoms with E-state index in [2.05, 4.69) is 10.2 Å². The van der Waals surface area contributed by atoms with Crippen LogP contribution in [0.2, 0.25) is 0 Å². The lowest BCUT2D eigenvalue weighted by molar-refractivity contribution is -0.140. The molecule has 1 saturated heterocycles. The molecule has 0 amide bonds. The fraction of sp³-hybridized carbons (Fsp3) is 0.526. The summed E-state index contributed by atoms with van der Waals surface area (Å²) in [5.41, 5.74) is 7.37. The number of nitrogens with one attached hydrogen (secondary N) is 1. The number of anilines is 1. The minimum atomic E-state index is -0.891. The Kier molecular flexibility index (Phi) is 8.77. The molecule has 1 aliphatic heterocycles. The summed E-state index contributed by atoms with van der Waals surface area (Å²) >= 11 is 4.84. The fourth-order valence-corrected chi connectivity index (χ4v) is 3.62. The highest BCUT2D eigenvalue weighted by Crippen LogP contribution is 2.15. The third-order valence-corrected chi connectivity index (χ3v) is 5.03. The lowest BCUT2D eigenvalue weighted by Crippen LogP contribution is -2.47. The molecule has 1 atom stereocenters. The van der Waals surface area contributed by atoms with Crippen molar-refractivity contribution < 1.29 is 19.8 Å². The van der Waals surface area contributed by atoms with E-state index in [0.717, 1.165) is 17.8 Å². The lowest BCUT2D eigenvalue weighted by atomic mass is 10.0. The zero-order chi connectivity index (χ0) is 21.4. The Morgan fingerprint density at radius 2 is 1.72 bits per heavy atom. The number of carboxylic acids is 2. The average Bonchev–Trinajstić information content (AvgIpc) is 2.68. The molecule has 0 bridgehead atoms. The van der Waals surface area contributed by atoms with E-state index >= 15 is 0 Å². The van der Waals surface area contributed by atoms with Crippen LogP contribution in [0.15, 0.2) is 24.3 Å². The Hall–Kier alpha value is -2.27. The van der Waals surface area contributed by atoms with Crippen molar-refractivity contribution >= 4 is 35.0 Å². The number of hydrogen-bond acceptors (Lipinski definition) is 6. The molecular formula is C19H29N5O4S. The Morgan fingerprint density at radius 1 is 1.10 bits per heavy atom. The van der Waals surface area contributed by atoms with E-state index in [1.54, 1.807) is 0 Å². The van der Waals surface area contributed by atoms with Crippen molar-refractivity contribution in [1.29, 1.82) is 0 Å². The number of nitrogens with two attached hydrogens (primary N) is 1. The maximum atomic E-state index is 11.4. The summed E-state index contributed by atoms with van der Waals surface area (Å²) in [7, 11) is 1.98. The van der Waals surface area contributed by atoms with Crippen LogP contribution < -0.4 is 11.1 Å². The smallest absolute Gasteiger partial charge is 0.317 e. The highest BCUT2D eigenvalue weighted by molar-refractivity contribution is 7.80. The number of thiocarbonyl (C=S) groups is 1. The van der Waals surface area contributed by atoms with Gasteiger partial charge in [0.2, 0.25) is 0 Å². The number of hydrogen-bond donors (Lipinski definition) is 4. The van der Waals surface area contributed by atoms with Crippen LogP contribution in [-0.2, 0) is 16.0 Å². The molecule has 2 rings (SSSR count). The van der Waals surface area contributed by atoms with Crippen LogP contribution in [0.5, 0.6) is 0 Å². The first-order valence-electron chi connectivity index (χ1n) is 9.47. The van der Waals surface area contributed by atoms with Crippen molar-refractivity contribution in [2.75, 3.05) is 58.2 Å². The van der Waals surface area contributed by atoms with Crippen LogP contribution in [0, 0.1) is 0 Å². The number of nitrogens with zero attached hydrogens (tertiary/aromatic N) is 3. The van der Waals surface area contributed by atoms with Crippen molar-refractivity contribution in [3.63, 3.8) is 0 Å². The quantitative estimate of drug-likeness (QED) is 0.445. The average molecular weight is 424 g/mol. The van der Waals surface area contributed by atoms with Gasteiger partial charge in [-0.3, -0.25) is 19.4 Å². The summed E-state index contributed by atoms with van der Waals surface area (Å²) in [6, 6.07) is 7.73. The van der Waals surface area contributed by atoms with Crippen molar-refractivity contribution in [2.45, 2.75) is 12.5 Å². The first-order chi connectivity index (χ1) is 13.7. The van der Waals surface area contributed by atoms with Gasteiger partial charge in [0, 0.05) is 44.5 Å². The molecule has 10 heteroatoms. The van der Waals surface area contributed by atoms with Crippen LogP contribution in [0.25, 0.3) is 0 Å². The van der Waals surface area contributed by atoms with Crippen LogP contribution >= 0.6 is 12.2 Å². The molecule has 160 valence electrons. The SMILES string of the molecule is CN1CCN(CC(=O)O)CCN(CC(=O)O)C(Cc2ccc(NC(N)=S)cc2)C1. The Bertz CT molecular complexity index is 715. The number of likely N-dealkylation sites (N-methyl/N-ethyl adjacent to an activating group) is 1. The molecule has 0 aliphatic carbocycles. The minimum Gasteiger partial charge on any atom is -0.480 e. The normalized spacial score (nSPS) is 19.7. The molecule has 5 N–H and O–H groups in total. The molecule has 1 fully saturated rings. The molecule has 0 saturated carbocycles. The third-order valence-electron chi connectivity index (χ3n) is 4.93. The molecule has 29 heavy (non-hydrogen) atoms. The second-order valence-corrected chi connectivity index (χ2v) is 7.78. The molecule has 0 aromatic heterocycles. The zero-order valence-corrected chi connectivity index (χ0v) is 17.4. The fourth-order valence-electron chi connectivity index (χ4n) is 3.51. The Morgan fingerprint density at radius 3 is 2.31 bits per heavy atom. The summed E-state index contributed by atoms with van der Waals surface area (Å²) in [4.78, 5) is 28.5. The van der Waals surface area contributed by atoms with Gasteiger partial charge in [0.25, 0.3) is 0 Å². The summed E-state index contributed by atoms with van der Waals surface area (Å²) in [6.07, 6.45) is 0.684. The maximum absolute atomic E-state index is 11.4. The van der Waals surface area contributed by atoms with E-state index < -0.39 is 11.9 Å². The predicted molar refractivity (Wildman–Crippen MR) is 115 cm³/mol. The molecule has 1 aromatic rings. The number of benzene rings is 1. The lowest BCUT2D eigenvalue weighted by Gasteiger charge is -2.32. The van der Waals surface area contributed by atoms with Gasteiger partial charge in [-0.25, -0.2) is 0 Å². The van der Waals surface area contributed by atoms with Crippen molar-refractivity contribution in [3.8, 4) is 0 Å². The highest BCUT2D eigenvalue weighted by atomic mass is 32.1. The number of carbonyl (C=O) groups is 2. The minimum absolute atomic E-state index is 0.00438. The molecule has 1 heterocycles. The predicted octanol–water partition coefficient (Wildman–Crippen LogP) is -0.0282. The summed E-state index contributed by atoms with van der Waals surface area (Å²) in [5, 5.41) is 21.6. The van der Waals surface area contributed by atoms with E-state index in [1.165, 1.54) is 0 Å². The molecule has 0 radical (unpaired) electrons. The van der Waals surface area contributed by atoms with Gasteiger partial charge < -0.3 is 26.2 Å². The van der Waals surface area contributed by atoms with Crippen LogP contribution in [0.3, 0.4) is 0 Å². The van der Waals surface area contributed by atoms with E-state index in [1.807, 2.05) is 41.1 Å². The highest BCUT2D eigenvalue weighted by Gasteiger charge is 2.25. The van der Waals surface area contributed by atoms with Crippen molar-refractivity contribution in [1.82, 2.24) is 14.7 Å². The van der Waals surface area contributed by atoms with Crippen molar-refractivity contribution in [2.24, 2.45) is 5.73 Å². The number of aliphatic carboxylic acids is 2. The van der Waals surface area contributed by atoms with Crippen molar-refractivity contribution in [3.05, 3.63) is 29.8 Å². The molecular weight excluding hydrogens is 394 g/mol. The first-order valence-corrected chi connectivity index (χ1v) is 9.87. The second kappa shape index (κ2) is 11.1. The molecule has 0 spiro atoms. The van der Waals surface area contributed by atoms with Gasteiger partial charge in [0.15, 0.2) is 5.11 Å². The van der Waals surface area contributed by atoms with Crippen LogP contribution in [0.1, 0.15) is 5.56 Å². The molecule has 9 nitrogen and oxygen atoms in total. The third kappa shape index (κ3) is 8.32.